The highest BCUT2D eigenvalue weighted by molar-refractivity contribution is 7.26. The van der Waals surface area contributed by atoms with Crippen LogP contribution in [0, 0.1) is 0 Å². The Morgan fingerprint density at radius 1 is 0.315 bits per heavy atom. The first-order valence-electron chi connectivity index (χ1n) is 18.1. The predicted octanol–water partition coefficient (Wildman–Crippen LogP) is 14.7. The second kappa shape index (κ2) is 12.6. The van der Waals surface area contributed by atoms with Gasteiger partial charge in [-0.1, -0.05) is 127 Å². The number of fused-ring (bicyclic) bond motifs is 7. The molecule has 0 bridgehead atoms. The molecule has 0 amide bonds. The molecule has 4 heteroatoms. The molecule has 0 aliphatic heterocycles. The van der Waals surface area contributed by atoms with E-state index in [-0.39, 0.29) is 0 Å². The van der Waals surface area contributed by atoms with E-state index in [4.69, 9.17) is 9.97 Å². The lowest BCUT2D eigenvalue weighted by molar-refractivity contribution is 1.18. The summed E-state index contributed by atoms with van der Waals surface area (Å²) in [5, 5.41) is 7.58. The molecule has 11 aromatic rings. The predicted molar refractivity (Wildman–Crippen MR) is 232 cm³/mol. The smallest absolute Gasteiger partial charge is 0.160 e. The minimum Gasteiger partial charge on any atom is -0.228 e. The first-order chi connectivity index (χ1) is 26.7. The number of benzene rings is 8. The number of nitrogens with zero attached hydrogens (tertiary/aromatic N) is 2. The molecule has 0 aliphatic carbocycles. The molecular weight excluding hydrogens is 693 g/mol. The zero-order valence-electron chi connectivity index (χ0n) is 29.0. The molecule has 0 atom stereocenters. The molecule has 54 heavy (non-hydrogen) atoms. The number of rotatable bonds is 5. The van der Waals surface area contributed by atoms with E-state index in [2.05, 4.69) is 176 Å². The first-order valence-corrected chi connectivity index (χ1v) is 19.8. The molecule has 0 saturated carbocycles. The molecule has 0 fully saturated rings. The van der Waals surface area contributed by atoms with E-state index in [1.807, 2.05) is 28.7 Å². The summed E-state index contributed by atoms with van der Waals surface area (Å²) in [5.74, 6) is 0.711. The largest absolute Gasteiger partial charge is 0.228 e. The van der Waals surface area contributed by atoms with Crippen molar-refractivity contribution in [1.82, 2.24) is 9.97 Å². The van der Waals surface area contributed by atoms with Crippen LogP contribution in [0.25, 0.3) is 107 Å². The van der Waals surface area contributed by atoms with E-state index in [9.17, 15) is 0 Å². The van der Waals surface area contributed by atoms with Crippen molar-refractivity contribution >= 4 is 73.8 Å². The summed E-state index contributed by atoms with van der Waals surface area (Å²) >= 11 is 3.70. The Hall–Kier alpha value is -6.46. The van der Waals surface area contributed by atoms with Gasteiger partial charge in [0, 0.05) is 57.0 Å². The zero-order chi connectivity index (χ0) is 35.6. The van der Waals surface area contributed by atoms with Crippen LogP contribution in [-0.2, 0) is 0 Å². The van der Waals surface area contributed by atoms with Crippen LogP contribution in [-0.4, -0.2) is 9.97 Å². The second-order valence-electron chi connectivity index (χ2n) is 13.8. The number of hydrogen-bond acceptors (Lipinski definition) is 4. The van der Waals surface area contributed by atoms with Crippen LogP contribution in [0.15, 0.2) is 182 Å². The van der Waals surface area contributed by atoms with Crippen molar-refractivity contribution in [3.8, 4) is 56.2 Å². The Morgan fingerprint density at radius 3 is 1.80 bits per heavy atom. The van der Waals surface area contributed by atoms with Gasteiger partial charge in [0.05, 0.1) is 11.4 Å². The van der Waals surface area contributed by atoms with Crippen molar-refractivity contribution in [3.05, 3.63) is 182 Å². The van der Waals surface area contributed by atoms with Gasteiger partial charge in [-0.25, -0.2) is 9.97 Å². The van der Waals surface area contributed by atoms with Crippen LogP contribution in [0.4, 0.5) is 0 Å². The minimum absolute atomic E-state index is 0.711. The molecule has 0 N–H and O–H groups in total. The molecule has 3 aromatic heterocycles. The molecule has 8 aromatic carbocycles. The van der Waals surface area contributed by atoms with Gasteiger partial charge in [-0.3, -0.25) is 0 Å². The van der Waals surface area contributed by atoms with Gasteiger partial charge in [0.2, 0.25) is 0 Å². The van der Waals surface area contributed by atoms with Gasteiger partial charge in [0.25, 0.3) is 0 Å². The van der Waals surface area contributed by atoms with Gasteiger partial charge in [-0.15, -0.1) is 22.7 Å². The SMILES string of the molecule is c1ccc(-c2nc(-c3cc(-c4ccc5ccccc5c4)cc(-c4cccc5c4sc4ccccc45)c3)cc(-c3ccc4sc5ccccc5c4c3)n2)cc1. The fourth-order valence-electron chi connectivity index (χ4n) is 7.79. The molecule has 0 saturated heterocycles. The van der Waals surface area contributed by atoms with Crippen molar-refractivity contribution in [2.45, 2.75) is 0 Å². The second-order valence-corrected chi connectivity index (χ2v) is 15.9. The molecule has 252 valence electrons. The van der Waals surface area contributed by atoms with Gasteiger partial charge >= 0.3 is 0 Å². The topological polar surface area (TPSA) is 25.8 Å². The fraction of sp³-hybridized carbons (Fsp3) is 0. The fourth-order valence-corrected chi connectivity index (χ4v) is 10.1. The Bertz CT molecular complexity index is 3230. The highest BCUT2D eigenvalue weighted by Crippen LogP contribution is 2.43. The Labute approximate surface area is 320 Å². The quantitative estimate of drug-likeness (QED) is 0.177. The molecule has 3 heterocycles. The normalized spacial score (nSPS) is 11.7. The standard InChI is InChI=1S/C50H30N2S2/c1-2-12-32(13-3-1)50-51-44(35-23-24-48-43(29-35)41-16-7-8-19-46(41)53-48)30-45(52-50)38-27-36(34-22-21-31-11-4-5-14-33(31)25-34)26-37(28-38)39-17-10-18-42-40-15-6-9-20-47(40)54-49(39)42/h1-30H. The van der Waals surface area contributed by atoms with Crippen LogP contribution < -0.4 is 0 Å². The van der Waals surface area contributed by atoms with Crippen LogP contribution >= 0.6 is 22.7 Å². The van der Waals surface area contributed by atoms with E-state index in [0.29, 0.717) is 5.82 Å². The van der Waals surface area contributed by atoms with Crippen molar-refractivity contribution in [2.24, 2.45) is 0 Å². The molecule has 0 radical (unpaired) electrons. The van der Waals surface area contributed by atoms with Crippen molar-refractivity contribution in [2.75, 3.05) is 0 Å². The lowest BCUT2D eigenvalue weighted by Crippen LogP contribution is -1.96. The average molecular weight is 723 g/mol. The third-order valence-electron chi connectivity index (χ3n) is 10.5. The molecule has 0 spiro atoms. The Kier molecular flexibility index (Phi) is 7.25. The first kappa shape index (κ1) is 31.1. The molecular formula is C50H30N2S2. The highest BCUT2D eigenvalue weighted by atomic mass is 32.1. The lowest BCUT2D eigenvalue weighted by atomic mass is 9.93. The maximum atomic E-state index is 5.31. The number of hydrogen-bond donors (Lipinski definition) is 0. The molecule has 0 aliphatic rings. The van der Waals surface area contributed by atoms with Gasteiger partial charge < -0.3 is 0 Å². The summed E-state index contributed by atoms with van der Waals surface area (Å²) in [7, 11) is 0. The van der Waals surface area contributed by atoms with Gasteiger partial charge in [0.1, 0.15) is 0 Å². The van der Waals surface area contributed by atoms with Gasteiger partial charge in [0.15, 0.2) is 5.82 Å². The van der Waals surface area contributed by atoms with Crippen LogP contribution in [0.5, 0.6) is 0 Å². The monoisotopic (exact) mass is 722 g/mol. The van der Waals surface area contributed by atoms with E-state index in [0.717, 1.165) is 33.6 Å². The van der Waals surface area contributed by atoms with Crippen LogP contribution in [0.1, 0.15) is 0 Å². The Balaban J connectivity index is 1.16. The van der Waals surface area contributed by atoms with E-state index >= 15 is 0 Å². The summed E-state index contributed by atoms with van der Waals surface area (Å²) in [6.45, 7) is 0. The van der Waals surface area contributed by atoms with Gasteiger partial charge in [-0.2, -0.15) is 0 Å². The lowest BCUT2D eigenvalue weighted by Gasteiger charge is -2.14. The van der Waals surface area contributed by atoms with E-state index in [1.165, 1.54) is 67.8 Å². The third kappa shape index (κ3) is 5.30. The molecule has 0 unspecified atom stereocenters. The van der Waals surface area contributed by atoms with Crippen molar-refractivity contribution in [3.63, 3.8) is 0 Å². The number of aromatic nitrogens is 2. The van der Waals surface area contributed by atoms with Crippen LogP contribution in [0.2, 0.25) is 0 Å². The average Bonchev–Trinajstić information content (AvgIpc) is 3.82. The summed E-state index contributed by atoms with van der Waals surface area (Å²) in [4.78, 5) is 10.5. The summed E-state index contributed by atoms with van der Waals surface area (Å²) in [5.41, 5.74) is 9.63. The summed E-state index contributed by atoms with van der Waals surface area (Å²) in [6.07, 6.45) is 0. The summed E-state index contributed by atoms with van der Waals surface area (Å²) < 4.78 is 5.17. The molecule has 11 rings (SSSR count). The molecule has 2 nitrogen and oxygen atoms in total. The zero-order valence-corrected chi connectivity index (χ0v) is 30.7. The van der Waals surface area contributed by atoms with Crippen molar-refractivity contribution in [1.29, 1.82) is 0 Å². The van der Waals surface area contributed by atoms with E-state index in [1.54, 1.807) is 0 Å². The van der Waals surface area contributed by atoms with Crippen molar-refractivity contribution < 1.29 is 0 Å². The summed E-state index contributed by atoms with van der Waals surface area (Å²) in [6, 6.07) is 65.7. The highest BCUT2D eigenvalue weighted by Gasteiger charge is 2.17. The third-order valence-corrected chi connectivity index (χ3v) is 12.8. The minimum atomic E-state index is 0.711. The maximum absolute atomic E-state index is 5.31. The Morgan fingerprint density at radius 2 is 0.944 bits per heavy atom. The number of thiophene rings is 2. The van der Waals surface area contributed by atoms with E-state index < -0.39 is 0 Å². The van der Waals surface area contributed by atoms with Gasteiger partial charge in [-0.05, 0) is 87.6 Å². The maximum Gasteiger partial charge on any atom is 0.160 e. The van der Waals surface area contributed by atoms with Crippen LogP contribution in [0.3, 0.4) is 0 Å².